The molecule has 0 spiro atoms. The first kappa shape index (κ1) is 15.8. The average molecular weight is 357 g/mol. The van der Waals surface area contributed by atoms with E-state index in [-0.39, 0.29) is 5.75 Å². The van der Waals surface area contributed by atoms with Gasteiger partial charge in [0.2, 0.25) is 0 Å². The fourth-order valence-corrected chi connectivity index (χ4v) is 2.09. The Bertz CT molecular complexity index is 594. The van der Waals surface area contributed by atoms with Crippen LogP contribution in [0.2, 0.25) is 0 Å². The molecule has 2 aromatic carbocycles. The van der Waals surface area contributed by atoms with Gasteiger partial charge in [-0.1, -0.05) is 35.0 Å². The number of rotatable bonds is 6. The van der Waals surface area contributed by atoms with E-state index >= 15 is 0 Å². The summed E-state index contributed by atoms with van der Waals surface area (Å²) in [4.78, 5) is 0. The van der Waals surface area contributed by atoms with E-state index < -0.39 is 17.4 Å². The lowest BCUT2D eigenvalue weighted by Gasteiger charge is -2.13. The second-order valence-electron chi connectivity index (χ2n) is 4.42. The van der Waals surface area contributed by atoms with Crippen LogP contribution in [-0.2, 0) is 5.33 Å². The van der Waals surface area contributed by atoms with Gasteiger partial charge in [0.25, 0.3) is 0 Å². The number of hydrogen-bond donors (Lipinski definition) is 0. The summed E-state index contributed by atoms with van der Waals surface area (Å²) >= 11 is 3.16. The van der Waals surface area contributed by atoms with Crippen LogP contribution in [0.5, 0.6) is 17.2 Å². The van der Waals surface area contributed by atoms with Gasteiger partial charge in [0, 0.05) is 5.33 Å². The van der Waals surface area contributed by atoms with Gasteiger partial charge in [0.15, 0.2) is 28.9 Å². The molecule has 0 radical (unpaired) electrons. The van der Waals surface area contributed by atoms with Crippen LogP contribution < -0.4 is 9.47 Å². The van der Waals surface area contributed by atoms with Gasteiger partial charge in [0.05, 0.1) is 6.61 Å². The summed E-state index contributed by atoms with van der Waals surface area (Å²) in [7, 11) is 0. The molecular formula is C16H15BrF2O2. The summed E-state index contributed by atoms with van der Waals surface area (Å²) in [5, 5.41) is 0.372. The Balaban J connectivity index is 2.30. The van der Waals surface area contributed by atoms with Gasteiger partial charge in [0.1, 0.15) is 0 Å². The molecule has 0 heterocycles. The largest absolute Gasteiger partial charge is 0.490 e. The van der Waals surface area contributed by atoms with Crippen molar-refractivity contribution in [2.45, 2.75) is 18.7 Å². The fraction of sp³-hybridized carbons (Fsp3) is 0.250. The van der Waals surface area contributed by atoms with Gasteiger partial charge < -0.3 is 9.47 Å². The van der Waals surface area contributed by atoms with E-state index in [1.54, 1.807) is 24.3 Å². The second kappa shape index (κ2) is 7.41. The third-order valence-corrected chi connectivity index (χ3v) is 3.38. The Morgan fingerprint density at radius 3 is 2.24 bits per heavy atom. The van der Waals surface area contributed by atoms with E-state index in [0.717, 1.165) is 6.42 Å². The Morgan fingerprint density at radius 1 is 1.05 bits per heavy atom. The van der Waals surface area contributed by atoms with Crippen LogP contribution in [0.4, 0.5) is 8.78 Å². The van der Waals surface area contributed by atoms with Gasteiger partial charge >= 0.3 is 0 Å². The van der Waals surface area contributed by atoms with E-state index in [1.165, 1.54) is 12.1 Å². The van der Waals surface area contributed by atoms with Gasteiger partial charge in [-0.2, -0.15) is 0 Å². The topological polar surface area (TPSA) is 18.5 Å². The highest BCUT2D eigenvalue weighted by Gasteiger charge is 2.15. The lowest BCUT2D eigenvalue weighted by Crippen LogP contribution is -1.99. The summed E-state index contributed by atoms with van der Waals surface area (Å²) in [6, 6.07) is 9.29. The third kappa shape index (κ3) is 3.94. The van der Waals surface area contributed by atoms with Gasteiger partial charge in [-0.05, 0) is 36.2 Å². The van der Waals surface area contributed by atoms with Crippen LogP contribution in [-0.4, -0.2) is 6.61 Å². The molecule has 0 saturated carbocycles. The summed E-state index contributed by atoms with van der Waals surface area (Å²) in [6.45, 7) is 2.48. The molecular weight excluding hydrogens is 342 g/mol. The van der Waals surface area contributed by atoms with E-state index in [4.69, 9.17) is 9.47 Å². The van der Waals surface area contributed by atoms with E-state index in [1.807, 2.05) is 6.92 Å². The predicted octanol–water partition coefficient (Wildman–Crippen LogP) is 5.44. The average Bonchev–Trinajstić information content (AvgIpc) is 2.49. The molecule has 0 aliphatic carbocycles. The lowest BCUT2D eigenvalue weighted by atomic mass is 10.2. The standard InChI is InChI=1S/C16H15BrF2O2/c1-2-7-20-14-5-3-4-6-15(14)21-16-12(18)8-11(10-17)9-13(16)19/h3-6,8-9H,2,7,10H2,1H3. The van der Waals surface area contributed by atoms with Gasteiger partial charge in [-0.15, -0.1) is 0 Å². The molecule has 2 nitrogen and oxygen atoms in total. The van der Waals surface area contributed by atoms with Crippen molar-refractivity contribution in [1.82, 2.24) is 0 Å². The second-order valence-corrected chi connectivity index (χ2v) is 4.98. The highest BCUT2D eigenvalue weighted by Crippen LogP contribution is 2.34. The van der Waals surface area contributed by atoms with Crippen LogP contribution in [0, 0.1) is 11.6 Å². The Kier molecular flexibility index (Phi) is 5.56. The minimum absolute atomic E-state index is 0.287. The smallest absolute Gasteiger partial charge is 0.198 e. The molecule has 21 heavy (non-hydrogen) atoms. The van der Waals surface area contributed by atoms with Crippen molar-refractivity contribution in [2.24, 2.45) is 0 Å². The number of alkyl halides is 1. The first-order valence-corrected chi connectivity index (χ1v) is 7.71. The van der Waals surface area contributed by atoms with Gasteiger partial charge in [-0.25, -0.2) is 8.78 Å². The molecule has 0 aliphatic heterocycles. The molecule has 0 saturated heterocycles. The third-order valence-electron chi connectivity index (χ3n) is 2.74. The van der Waals surface area contributed by atoms with E-state index in [9.17, 15) is 8.78 Å². The molecule has 2 rings (SSSR count). The SMILES string of the molecule is CCCOc1ccccc1Oc1c(F)cc(CBr)cc1F. The maximum absolute atomic E-state index is 13.9. The minimum atomic E-state index is -0.741. The zero-order valence-electron chi connectivity index (χ0n) is 11.5. The van der Waals surface area contributed by atoms with Crippen molar-refractivity contribution in [2.75, 3.05) is 6.61 Å². The lowest BCUT2D eigenvalue weighted by molar-refractivity contribution is 0.298. The van der Waals surface area contributed by atoms with Crippen molar-refractivity contribution >= 4 is 15.9 Å². The fourth-order valence-electron chi connectivity index (χ4n) is 1.76. The number of para-hydroxylation sites is 2. The Hall–Kier alpha value is -1.62. The molecule has 0 fully saturated rings. The van der Waals surface area contributed by atoms with E-state index in [0.29, 0.717) is 23.2 Å². The monoisotopic (exact) mass is 356 g/mol. The van der Waals surface area contributed by atoms with Crippen molar-refractivity contribution < 1.29 is 18.3 Å². The summed E-state index contributed by atoms with van der Waals surface area (Å²) in [6.07, 6.45) is 0.830. The zero-order valence-corrected chi connectivity index (χ0v) is 13.1. The quantitative estimate of drug-likeness (QED) is 0.641. The number of benzene rings is 2. The van der Waals surface area contributed by atoms with Crippen LogP contribution in [0.3, 0.4) is 0 Å². The number of hydrogen-bond acceptors (Lipinski definition) is 2. The molecule has 2 aromatic rings. The number of ether oxygens (including phenoxy) is 2. The molecule has 5 heteroatoms. The first-order valence-electron chi connectivity index (χ1n) is 6.59. The molecule has 0 aromatic heterocycles. The molecule has 0 amide bonds. The van der Waals surface area contributed by atoms with Crippen molar-refractivity contribution in [3.8, 4) is 17.2 Å². The van der Waals surface area contributed by atoms with Crippen molar-refractivity contribution in [3.63, 3.8) is 0 Å². The van der Waals surface area contributed by atoms with Crippen LogP contribution in [0.25, 0.3) is 0 Å². The molecule has 0 N–H and O–H groups in total. The Morgan fingerprint density at radius 2 is 1.67 bits per heavy atom. The van der Waals surface area contributed by atoms with Crippen LogP contribution in [0.15, 0.2) is 36.4 Å². The van der Waals surface area contributed by atoms with Crippen molar-refractivity contribution in [3.05, 3.63) is 53.6 Å². The van der Waals surface area contributed by atoms with Gasteiger partial charge in [-0.3, -0.25) is 0 Å². The highest BCUT2D eigenvalue weighted by atomic mass is 79.9. The molecule has 112 valence electrons. The molecule has 0 aliphatic rings. The van der Waals surface area contributed by atoms with E-state index in [2.05, 4.69) is 15.9 Å². The molecule has 0 unspecified atom stereocenters. The van der Waals surface area contributed by atoms with Crippen molar-refractivity contribution in [1.29, 1.82) is 0 Å². The normalized spacial score (nSPS) is 10.5. The summed E-state index contributed by atoms with van der Waals surface area (Å²) in [5.74, 6) is -1.16. The Labute approximate surface area is 130 Å². The summed E-state index contributed by atoms with van der Waals surface area (Å²) in [5.41, 5.74) is 0.507. The first-order chi connectivity index (χ1) is 10.2. The van der Waals surface area contributed by atoms with Crippen LogP contribution >= 0.6 is 15.9 Å². The number of halogens is 3. The molecule has 0 atom stereocenters. The zero-order chi connectivity index (χ0) is 15.2. The minimum Gasteiger partial charge on any atom is -0.490 e. The molecule has 0 bridgehead atoms. The predicted molar refractivity (Wildman–Crippen MR) is 81.3 cm³/mol. The maximum atomic E-state index is 13.9. The highest BCUT2D eigenvalue weighted by molar-refractivity contribution is 9.08. The maximum Gasteiger partial charge on any atom is 0.198 e. The summed E-state index contributed by atoms with van der Waals surface area (Å²) < 4.78 is 38.8. The van der Waals surface area contributed by atoms with Crippen LogP contribution in [0.1, 0.15) is 18.9 Å².